The van der Waals surface area contributed by atoms with E-state index in [-0.39, 0.29) is 23.8 Å². The Labute approximate surface area is 133 Å². The van der Waals surface area contributed by atoms with Gasteiger partial charge in [-0.25, -0.2) is 0 Å². The lowest BCUT2D eigenvalue weighted by atomic mass is 10.1. The van der Waals surface area contributed by atoms with E-state index in [1.165, 1.54) is 5.56 Å². The molecule has 1 aliphatic rings. The molecule has 0 radical (unpaired) electrons. The van der Waals surface area contributed by atoms with Gasteiger partial charge in [0, 0.05) is 25.2 Å². The average molecular weight is 302 g/mol. The van der Waals surface area contributed by atoms with Crippen molar-refractivity contribution < 1.29 is 9.59 Å². The third kappa shape index (κ3) is 3.16. The first-order chi connectivity index (χ1) is 10.3. The Morgan fingerprint density at radius 3 is 2.55 bits per heavy atom. The predicted octanol–water partition coefficient (Wildman–Crippen LogP) is 2.91. The fourth-order valence-corrected chi connectivity index (χ4v) is 3.14. The van der Waals surface area contributed by atoms with Gasteiger partial charge in [0.25, 0.3) is 0 Å². The van der Waals surface area contributed by atoms with Crippen LogP contribution in [0.1, 0.15) is 37.8 Å². The molecule has 1 aliphatic heterocycles. The van der Waals surface area contributed by atoms with E-state index in [1.807, 2.05) is 39.8 Å². The van der Waals surface area contributed by atoms with E-state index in [4.69, 9.17) is 0 Å². The van der Waals surface area contributed by atoms with E-state index in [0.29, 0.717) is 6.54 Å². The Hall–Kier alpha value is -1.84. The highest BCUT2D eigenvalue weighted by Gasteiger charge is 2.36. The van der Waals surface area contributed by atoms with Crippen LogP contribution in [0.2, 0.25) is 0 Å². The molecule has 1 saturated heterocycles. The molecule has 4 nitrogen and oxygen atoms in total. The number of aryl methyl sites for hydroxylation is 2. The summed E-state index contributed by atoms with van der Waals surface area (Å²) in [7, 11) is 1.80. The topological polar surface area (TPSA) is 40.6 Å². The van der Waals surface area contributed by atoms with Crippen molar-refractivity contribution in [2.24, 2.45) is 5.92 Å². The normalized spacial score (nSPS) is 17.9. The lowest BCUT2D eigenvalue weighted by Gasteiger charge is -2.30. The van der Waals surface area contributed by atoms with Crippen molar-refractivity contribution in [1.29, 1.82) is 0 Å². The van der Waals surface area contributed by atoms with Crippen LogP contribution >= 0.6 is 0 Å². The summed E-state index contributed by atoms with van der Waals surface area (Å²) in [6.45, 7) is 8.51. The molecule has 0 aromatic heterocycles. The van der Waals surface area contributed by atoms with Gasteiger partial charge >= 0.3 is 0 Å². The average Bonchev–Trinajstić information content (AvgIpc) is 2.94. The van der Waals surface area contributed by atoms with Crippen molar-refractivity contribution in [2.75, 3.05) is 18.5 Å². The number of benzene rings is 1. The molecule has 2 amide bonds. The maximum absolute atomic E-state index is 12.9. The molecule has 0 N–H and O–H groups in total. The summed E-state index contributed by atoms with van der Waals surface area (Å²) < 4.78 is 0. The Morgan fingerprint density at radius 2 is 1.95 bits per heavy atom. The standard InChI is InChI=1S/C18H26N2O2/c1-12(2)17(21)20-10-6-7-16(20)18(22)19(5)15-9-8-13(3)11-14(15)4/h8-9,11-12,16H,6-7,10H2,1-5H3. The minimum Gasteiger partial charge on any atom is -0.330 e. The van der Waals surface area contributed by atoms with Crippen LogP contribution in [0.5, 0.6) is 0 Å². The lowest BCUT2D eigenvalue weighted by molar-refractivity contribution is -0.139. The van der Waals surface area contributed by atoms with Crippen LogP contribution in [-0.2, 0) is 9.59 Å². The zero-order valence-electron chi connectivity index (χ0n) is 14.2. The molecule has 22 heavy (non-hydrogen) atoms. The highest BCUT2D eigenvalue weighted by atomic mass is 16.2. The van der Waals surface area contributed by atoms with Gasteiger partial charge in [0.1, 0.15) is 6.04 Å². The van der Waals surface area contributed by atoms with Crippen LogP contribution in [0.4, 0.5) is 5.69 Å². The van der Waals surface area contributed by atoms with Gasteiger partial charge in [-0.05, 0) is 38.3 Å². The van der Waals surface area contributed by atoms with Crippen LogP contribution in [0.25, 0.3) is 0 Å². The Kier molecular flexibility index (Phi) is 4.89. The van der Waals surface area contributed by atoms with Gasteiger partial charge in [0.15, 0.2) is 0 Å². The summed E-state index contributed by atoms with van der Waals surface area (Å²) in [5.74, 6) is 0.0168. The molecule has 1 atom stereocenters. The van der Waals surface area contributed by atoms with Gasteiger partial charge in [0.05, 0.1) is 0 Å². The first-order valence-electron chi connectivity index (χ1n) is 7.98. The SMILES string of the molecule is Cc1ccc(N(C)C(=O)C2CCCN2C(=O)C(C)C)c(C)c1. The van der Waals surface area contributed by atoms with E-state index in [2.05, 4.69) is 6.07 Å². The quantitative estimate of drug-likeness (QED) is 0.861. The molecule has 2 rings (SSSR count). The minimum absolute atomic E-state index is 0.0125. The first-order valence-corrected chi connectivity index (χ1v) is 7.98. The summed E-state index contributed by atoms with van der Waals surface area (Å²) in [6.07, 6.45) is 1.65. The van der Waals surface area contributed by atoms with Gasteiger partial charge in [-0.1, -0.05) is 31.5 Å². The van der Waals surface area contributed by atoms with Crippen LogP contribution < -0.4 is 4.90 Å². The maximum atomic E-state index is 12.9. The largest absolute Gasteiger partial charge is 0.330 e. The van der Waals surface area contributed by atoms with Gasteiger partial charge in [-0.3, -0.25) is 9.59 Å². The zero-order valence-corrected chi connectivity index (χ0v) is 14.2. The lowest BCUT2D eigenvalue weighted by Crippen LogP contribution is -2.48. The third-order valence-electron chi connectivity index (χ3n) is 4.36. The van der Waals surface area contributed by atoms with Crippen molar-refractivity contribution in [2.45, 2.75) is 46.6 Å². The van der Waals surface area contributed by atoms with Crippen molar-refractivity contribution in [3.63, 3.8) is 0 Å². The van der Waals surface area contributed by atoms with Crippen molar-refractivity contribution >= 4 is 17.5 Å². The predicted molar refractivity (Wildman–Crippen MR) is 88.9 cm³/mol. The number of carbonyl (C=O) groups is 2. The van der Waals surface area contributed by atoms with E-state index < -0.39 is 0 Å². The monoisotopic (exact) mass is 302 g/mol. The van der Waals surface area contributed by atoms with Gasteiger partial charge in [-0.2, -0.15) is 0 Å². The number of anilines is 1. The van der Waals surface area contributed by atoms with Crippen molar-refractivity contribution in [3.05, 3.63) is 29.3 Å². The fraction of sp³-hybridized carbons (Fsp3) is 0.556. The molecule has 0 saturated carbocycles. The van der Waals surface area contributed by atoms with Crippen LogP contribution in [0.3, 0.4) is 0 Å². The van der Waals surface area contributed by atoms with Crippen molar-refractivity contribution in [3.8, 4) is 0 Å². The number of amides is 2. The van der Waals surface area contributed by atoms with Gasteiger partial charge < -0.3 is 9.80 Å². The van der Waals surface area contributed by atoms with Gasteiger partial charge in [0.2, 0.25) is 11.8 Å². The van der Waals surface area contributed by atoms with Crippen molar-refractivity contribution in [1.82, 2.24) is 4.90 Å². The highest BCUT2D eigenvalue weighted by Crippen LogP contribution is 2.26. The van der Waals surface area contributed by atoms with E-state index in [9.17, 15) is 9.59 Å². The van der Waals surface area contributed by atoms with Crippen LogP contribution in [-0.4, -0.2) is 36.3 Å². The number of hydrogen-bond donors (Lipinski definition) is 0. The fourth-order valence-electron chi connectivity index (χ4n) is 3.14. The second-order valence-corrected chi connectivity index (χ2v) is 6.53. The Balaban J connectivity index is 2.21. The summed E-state index contributed by atoms with van der Waals surface area (Å²) >= 11 is 0. The summed E-state index contributed by atoms with van der Waals surface area (Å²) in [6, 6.07) is 5.75. The Morgan fingerprint density at radius 1 is 1.27 bits per heavy atom. The molecular formula is C18H26N2O2. The molecular weight excluding hydrogens is 276 g/mol. The van der Waals surface area contributed by atoms with E-state index in [0.717, 1.165) is 24.1 Å². The molecule has 120 valence electrons. The number of nitrogens with zero attached hydrogens (tertiary/aromatic N) is 2. The summed E-state index contributed by atoms with van der Waals surface area (Å²) in [4.78, 5) is 28.6. The van der Waals surface area contributed by atoms with E-state index in [1.54, 1.807) is 16.8 Å². The maximum Gasteiger partial charge on any atom is 0.249 e. The molecule has 1 unspecified atom stereocenters. The number of likely N-dealkylation sites (tertiary alicyclic amines) is 1. The zero-order chi connectivity index (χ0) is 16.4. The van der Waals surface area contributed by atoms with E-state index >= 15 is 0 Å². The van der Waals surface area contributed by atoms with Crippen LogP contribution in [0, 0.1) is 19.8 Å². The molecule has 0 spiro atoms. The summed E-state index contributed by atoms with van der Waals surface area (Å²) in [5, 5.41) is 0. The molecule has 4 heteroatoms. The molecule has 0 bridgehead atoms. The molecule has 0 aliphatic carbocycles. The van der Waals surface area contributed by atoms with Crippen LogP contribution in [0.15, 0.2) is 18.2 Å². The summed E-state index contributed by atoms with van der Waals surface area (Å²) in [5.41, 5.74) is 3.18. The number of carbonyl (C=O) groups excluding carboxylic acids is 2. The van der Waals surface area contributed by atoms with Gasteiger partial charge in [-0.15, -0.1) is 0 Å². The number of likely N-dealkylation sites (N-methyl/N-ethyl adjacent to an activating group) is 1. The molecule has 1 fully saturated rings. The highest BCUT2D eigenvalue weighted by molar-refractivity contribution is 5.99. The smallest absolute Gasteiger partial charge is 0.249 e. The number of rotatable bonds is 3. The Bertz CT molecular complexity index is 580. The second-order valence-electron chi connectivity index (χ2n) is 6.53. The molecule has 1 aromatic carbocycles. The first kappa shape index (κ1) is 16.5. The minimum atomic E-state index is -0.319. The molecule has 1 heterocycles. The third-order valence-corrected chi connectivity index (χ3v) is 4.36. The number of hydrogen-bond acceptors (Lipinski definition) is 2. The molecule has 1 aromatic rings. The second kappa shape index (κ2) is 6.51.